The SMILES string of the molecule is CC1CCCCC1NC(=O)c1cc(COc2ccc3c(c2)OCO3)cs1. The van der Waals surface area contributed by atoms with Gasteiger partial charge in [-0.25, -0.2) is 0 Å². The summed E-state index contributed by atoms with van der Waals surface area (Å²) in [7, 11) is 0. The number of nitrogens with one attached hydrogen (secondary N) is 1. The monoisotopic (exact) mass is 373 g/mol. The predicted molar refractivity (Wildman–Crippen MR) is 100 cm³/mol. The minimum Gasteiger partial charge on any atom is -0.489 e. The van der Waals surface area contributed by atoms with Crippen LogP contribution in [-0.2, 0) is 6.61 Å². The molecule has 5 nitrogen and oxygen atoms in total. The van der Waals surface area contributed by atoms with Gasteiger partial charge >= 0.3 is 0 Å². The molecule has 1 aromatic heterocycles. The number of hydrogen-bond donors (Lipinski definition) is 1. The first-order valence-electron chi connectivity index (χ1n) is 9.10. The van der Waals surface area contributed by atoms with Gasteiger partial charge in [0.25, 0.3) is 5.91 Å². The van der Waals surface area contributed by atoms with Crippen LogP contribution in [0.15, 0.2) is 29.6 Å². The lowest BCUT2D eigenvalue weighted by molar-refractivity contribution is 0.0914. The fourth-order valence-corrected chi connectivity index (χ4v) is 4.27. The van der Waals surface area contributed by atoms with Crippen molar-refractivity contribution in [3.8, 4) is 17.2 Å². The molecule has 2 heterocycles. The van der Waals surface area contributed by atoms with E-state index in [1.165, 1.54) is 30.6 Å². The van der Waals surface area contributed by atoms with Crippen molar-refractivity contribution < 1.29 is 19.0 Å². The summed E-state index contributed by atoms with van der Waals surface area (Å²) >= 11 is 1.47. The molecule has 1 amide bonds. The van der Waals surface area contributed by atoms with Gasteiger partial charge in [-0.05, 0) is 42.3 Å². The molecule has 1 saturated carbocycles. The molecule has 0 bridgehead atoms. The van der Waals surface area contributed by atoms with Crippen LogP contribution in [0.25, 0.3) is 0 Å². The van der Waals surface area contributed by atoms with E-state index in [4.69, 9.17) is 14.2 Å². The molecule has 2 aromatic rings. The first-order chi connectivity index (χ1) is 12.7. The van der Waals surface area contributed by atoms with Gasteiger partial charge in [0.2, 0.25) is 6.79 Å². The van der Waals surface area contributed by atoms with Gasteiger partial charge in [0, 0.05) is 17.7 Å². The topological polar surface area (TPSA) is 56.8 Å². The molecule has 138 valence electrons. The molecule has 0 radical (unpaired) electrons. The summed E-state index contributed by atoms with van der Waals surface area (Å²) in [6.45, 7) is 2.90. The van der Waals surface area contributed by atoms with Crippen LogP contribution < -0.4 is 19.5 Å². The van der Waals surface area contributed by atoms with Crippen molar-refractivity contribution in [1.29, 1.82) is 0 Å². The minimum absolute atomic E-state index is 0.0306. The largest absolute Gasteiger partial charge is 0.489 e. The fourth-order valence-electron chi connectivity index (χ4n) is 3.47. The van der Waals surface area contributed by atoms with Crippen molar-refractivity contribution >= 4 is 17.2 Å². The molecule has 26 heavy (non-hydrogen) atoms. The summed E-state index contributed by atoms with van der Waals surface area (Å²) in [5.41, 5.74) is 0.995. The van der Waals surface area contributed by atoms with Gasteiger partial charge in [-0.2, -0.15) is 0 Å². The number of carbonyl (C=O) groups excluding carboxylic acids is 1. The molecule has 1 aromatic carbocycles. The highest BCUT2D eigenvalue weighted by molar-refractivity contribution is 7.12. The van der Waals surface area contributed by atoms with Crippen LogP contribution in [0.2, 0.25) is 0 Å². The zero-order valence-electron chi connectivity index (χ0n) is 14.8. The summed E-state index contributed by atoms with van der Waals surface area (Å²) < 4.78 is 16.5. The Bertz CT molecular complexity index is 788. The molecule has 1 fully saturated rings. The Balaban J connectivity index is 1.33. The summed E-state index contributed by atoms with van der Waals surface area (Å²) in [5, 5.41) is 5.18. The third-order valence-electron chi connectivity index (χ3n) is 5.06. The predicted octanol–water partition coefficient (Wildman–Crippen LogP) is 4.36. The van der Waals surface area contributed by atoms with E-state index in [2.05, 4.69) is 12.2 Å². The zero-order chi connectivity index (χ0) is 17.9. The van der Waals surface area contributed by atoms with Crippen molar-refractivity contribution in [3.63, 3.8) is 0 Å². The summed E-state index contributed by atoms with van der Waals surface area (Å²) in [6.07, 6.45) is 4.75. The van der Waals surface area contributed by atoms with E-state index in [1.54, 1.807) is 0 Å². The summed E-state index contributed by atoms with van der Waals surface area (Å²) in [4.78, 5) is 13.2. The standard InChI is InChI=1S/C20H23NO4S/c1-13-4-2-3-5-16(13)21-20(22)19-8-14(11-26-19)10-23-15-6-7-17-18(9-15)25-12-24-17/h6-9,11,13,16H,2-5,10,12H2,1H3,(H,21,22). The molecule has 1 aliphatic heterocycles. The second kappa shape index (κ2) is 7.58. The molecule has 2 aliphatic rings. The highest BCUT2D eigenvalue weighted by atomic mass is 32.1. The van der Waals surface area contributed by atoms with Crippen LogP contribution in [0.3, 0.4) is 0 Å². The fraction of sp³-hybridized carbons (Fsp3) is 0.450. The van der Waals surface area contributed by atoms with E-state index < -0.39 is 0 Å². The lowest BCUT2D eigenvalue weighted by Gasteiger charge is -2.29. The normalized spacial score (nSPS) is 21.4. The first kappa shape index (κ1) is 17.2. The Hall–Kier alpha value is -2.21. The highest BCUT2D eigenvalue weighted by Crippen LogP contribution is 2.35. The van der Waals surface area contributed by atoms with Crippen molar-refractivity contribution in [2.75, 3.05) is 6.79 Å². The average molecular weight is 373 g/mol. The van der Waals surface area contributed by atoms with Gasteiger partial charge in [-0.15, -0.1) is 11.3 Å². The zero-order valence-corrected chi connectivity index (χ0v) is 15.6. The van der Waals surface area contributed by atoms with Gasteiger partial charge in [0.05, 0.1) is 4.88 Å². The van der Waals surface area contributed by atoms with Gasteiger partial charge in [0.15, 0.2) is 11.5 Å². The number of hydrogen-bond acceptors (Lipinski definition) is 5. The number of fused-ring (bicyclic) bond motifs is 1. The lowest BCUT2D eigenvalue weighted by Crippen LogP contribution is -2.40. The van der Waals surface area contributed by atoms with Crippen LogP contribution in [0.1, 0.15) is 47.8 Å². The van der Waals surface area contributed by atoms with Crippen molar-refractivity contribution in [1.82, 2.24) is 5.32 Å². The molecule has 2 unspecified atom stereocenters. The second-order valence-electron chi connectivity index (χ2n) is 6.96. The van der Waals surface area contributed by atoms with E-state index in [9.17, 15) is 4.79 Å². The number of carbonyl (C=O) groups is 1. The van der Waals surface area contributed by atoms with Gasteiger partial charge < -0.3 is 19.5 Å². The number of amides is 1. The van der Waals surface area contributed by atoms with Crippen LogP contribution in [0.4, 0.5) is 0 Å². The van der Waals surface area contributed by atoms with Gasteiger partial charge in [-0.1, -0.05) is 19.8 Å². The Labute approximate surface area is 157 Å². The van der Waals surface area contributed by atoms with Crippen LogP contribution in [0, 0.1) is 5.92 Å². The number of ether oxygens (including phenoxy) is 3. The molecule has 1 aliphatic carbocycles. The molecular formula is C20H23NO4S. The number of benzene rings is 1. The molecular weight excluding hydrogens is 350 g/mol. The molecule has 2 atom stereocenters. The third-order valence-corrected chi connectivity index (χ3v) is 6.03. The molecule has 4 rings (SSSR count). The van der Waals surface area contributed by atoms with E-state index in [1.807, 2.05) is 29.6 Å². The van der Waals surface area contributed by atoms with Crippen LogP contribution in [0.5, 0.6) is 17.2 Å². The highest BCUT2D eigenvalue weighted by Gasteiger charge is 2.23. The maximum absolute atomic E-state index is 12.5. The maximum atomic E-state index is 12.5. The average Bonchev–Trinajstić information content (AvgIpc) is 3.30. The van der Waals surface area contributed by atoms with Crippen molar-refractivity contribution in [2.45, 2.75) is 45.3 Å². The number of thiophene rings is 1. The Morgan fingerprint density at radius 1 is 1.23 bits per heavy atom. The molecule has 0 spiro atoms. The Kier molecular flexibility index (Phi) is 5.02. The van der Waals surface area contributed by atoms with Gasteiger partial charge in [-0.3, -0.25) is 4.79 Å². The summed E-state index contributed by atoms with van der Waals surface area (Å²) in [6, 6.07) is 7.74. The summed E-state index contributed by atoms with van der Waals surface area (Å²) in [5.74, 6) is 2.75. The van der Waals surface area contributed by atoms with Crippen molar-refractivity contribution in [3.05, 3.63) is 40.1 Å². The lowest BCUT2D eigenvalue weighted by atomic mass is 9.86. The third kappa shape index (κ3) is 3.80. The molecule has 0 saturated heterocycles. The van der Waals surface area contributed by atoms with Crippen LogP contribution >= 0.6 is 11.3 Å². The smallest absolute Gasteiger partial charge is 0.261 e. The maximum Gasteiger partial charge on any atom is 0.261 e. The Morgan fingerprint density at radius 2 is 2.08 bits per heavy atom. The van der Waals surface area contributed by atoms with E-state index in [-0.39, 0.29) is 12.7 Å². The van der Waals surface area contributed by atoms with E-state index in [0.29, 0.717) is 24.3 Å². The van der Waals surface area contributed by atoms with E-state index >= 15 is 0 Å². The molecule has 6 heteroatoms. The minimum atomic E-state index is 0.0306. The number of rotatable bonds is 5. The van der Waals surface area contributed by atoms with Gasteiger partial charge in [0.1, 0.15) is 12.4 Å². The van der Waals surface area contributed by atoms with E-state index in [0.717, 1.165) is 28.4 Å². The second-order valence-corrected chi connectivity index (χ2v) is 7.88. The quantitative estimate of drug-likeness (QED) is 0.846. The first-order valence-corrected chi connectivity index (χ1v) is 9.98. The van der Waals surface area contributed by atoms with Crippen LogP contribution in [-0.4, -0.2) is 18.7 Å². The molecule has 1 N–H and O–H groups in total. The Morgan fingerprint density at radius 3 is 2.96 bits per heavy atom. The van der Waals surface area contributed by atoms with Crippen molar-refractivity contribution in [2.24, 2.45) is 5.92 Å².